The summed E-state index contributed by atoms with van der Waals surface area (Å²) in [7, 11) is 0. The molecule has 0 heterocycles. The highest BCUT2D eigenvalue weighted by Crippen LogP contribution is 2.22. The average molecular weight is 409 g/mol. The molecule has 2 aromatic carbocycles. The standard InChI is InChI=1S/C18H17ClN2O5S/c1-2-26-18(23)15-9-13(5-8-16(15)19)20-17(22)11-27-10-12-3-6-14(7-4-12)21(24)25/h3-9H,2,10-11H2,1H3,(H,20,22). The minimum atomic E-state index is -0.550. The molecule has 0 saturated heterocycles. The van der Waals surface area contributed by atoms with Crippen LogP contribution in [-0.4, -0.2) is 29.2 Å². The first-order chi connectivity index (χ1) is 12.9. The summed E-state index contributed by atoms with van der Waals surface area (Å²) < 4.78 is 4.92. The van der Waals surface area contributed by atoms with Crippen molar-refractivity contribution in [2.24, 2.45) is 0 Å². The van der Waals surface area contributed by atoms with Gasteiger partial charge in [-0.05, 0) is 30.7 Å². The topological polar surface area (TPSA) is 98.5 Å². The van der Waals surface area contributed by atoms with Crippen LogP contribution in [0.1, 0.15) is 22.8 Å². The zero-order valence-electron chi connectivity index (χ0n) is 14.4. The van der Waals surface area contributed by atoms with Gasteiger partial charge in [-0.2, -0.15) is 0 Å². The van der Waals surface area contributed by atoms with Crippen molar-refractivity contribution in [1.82, 2.24) is 0 Å². The Kier molecular flexibility index (Phi) is 7.63. The van der Waals surface area contributed by atoms with E-state index in [9.17, 15) is 19.7 Å². The molecule has 7 nitrogen and oxygen atoms in total. The molecule has 1 N–H and O–H groups in total. The van der Waals surface area contributed by atoms with E-state index in [1.165, 1.54) is 36.0 Å². The highest BCUT2D eigenvalue weighted by molar-refractivity contribution is 7.99. The average Bonchev–Trinajstić information content (AvgIpc) is 2.64. The van der Waals surface area contributed by atoms with Gasteiger partial charge in [0.05, 0.1) is 27.9 Å². The van der Waals surface area contributed by atoms with Gasteiger partial charge in [0.2, 0.25) is 5.91 Å². The lowest BCUT2D eigenvalue weighted by Gasteiger charge is -2.09. The Balaban J connectivity index is 1.87. The number of ether oxygens (including phenoxy) is 1. The van der Waals surface area contributed by atoms with Crippen molar-refractivity contribution in [2.75, 3.05) is 17.7 Å². The van der Waals surface area contributed by atoms with E-state index < -0.39 is 10.9 Å². The second-order valence-electron chi connectivity index (χ2n) is 5.38. The fourth-order valence-corrected chi connectivity index (χ4v) is 3.12. The quantitative estimate of drug-likeness (QED) is 0.397. The summed E-state index contributed by atoms with van der Waals surface area (Å²) in [5.74, 6) is -0.0562. The van der Waals surface area contributed by atoms with Crippen LogP contribution in [0.25, 0.3) is 0 Å². The van der Waals surface area contributed by atoms with Crippen molar-refractivity contribution in [3.8, 4) is 0 Å². The van der Waals surface area contributed by atoms with Gasteiger partial charge in [-0.15, -0.1) is 11.8 Å². The number of benzene rings is 2. The molecule has 0 spiro atoms. The summed E-state index contributed by atoms with van der Waals surface area (Å²) in [4.78, 5) is 34.1. The number of nitro benzene ring substituents is 1. The van der Waals surface area contributed by atoms with Crippen LogP contribution < -0.4 is 5.32 Å². The highest BCUT2D eigenvalue weighted by atomic mass is 35.5. The van der Waals surface area contributed by atoms with Crippen LogP contribution in [0.2, 0.25) is 5.02 Å². The van der Waals surface area contributed by atoms with E-state index in [-0.39, 0.29) is 34.5 Å². The maximum absolute atomic E-state index is 12.1. The van der Waals surface area contributed by atoms with Crippen molar-refractivity contribution in [3.05, 3.63) is 68.7 Å². The van der Waals surface area contributed by atoms with Crippen LogP contribution in [0.3, 0.4) is 0 Å². The zero-order chi connectivity index (χ0) is 19.8. The van der Waals surface area contributed by atoms with Crippen LogP contribution in [-0.2, 0) is 15.3 Å². The summed E-state index contributed by atoms with van der Waals surface area (Å²) >= 11 is 7.36. The summed E-state index contributed by atoms with van der Waals surface area (Å²) in [6, 6.07) is 10.8. The molecule has 0 unspecified atom stereocenters. The third-order valence-corrected chi connectivity index (χ3v) is 4.73. The third-order valence-electron chi connectivity index (χ3n) is 3.39. The monoisotopic (exact) mass is 408 g/mol. The summed E-state index contributed by atoms with van der Waals surface area (Å²) in [5.41, 5.74) is 1.55. The second-order valence-corrected chi connectivity index (χ2v) is 6.77. The van der Waals surface area contributed by atoms with Crippen LogP contribution in [0, 0.1) is 10.1 Å². The predicted octanol–water partition coefficient (Wildman–Crippen LogP) is 4.30. The molecule has 9 heteroatoms. The predicted molar refractivity (Wildman–Crippen MR) is 105 cm³/mol. The Morgan fingerprint density at radius 2 is 1.93 bits per heavy atom. The number of carbonyl (C=O) groups excluding carboxylic acids is 2. The molecule has 0 aliphatic heterocycles. The molecule has 0 radical (unpaired) electrons. The van der Waals surface area contributed by atoms with Gasteiger partial charge in [0.1, 0.15) is 0 Å². The maximum atomic E-state index is 12.1. The summed E-state index contributed by atoms with van der Waals surface area (Å²) in [5, 5.41) is 13.6. The Morgan fingerprint density at radius 1 is 1.22 bits per heavy atom. The van der Waals surface area contributed by atoms with Crippen LogP contribution in [0.5, 0.6) is 0 Å². The van der Waals surface area contributed by atoms with E-state index in [0.29, 0.717) is 11.4 Å². The van der Waals surface area contributed by atoms with Crippen molar-refractivity contribution in [3.63, 3.8) is 0 Å². The number of amides is 1. The molecule has 142 valence electrons. The Morgan fingerprint density at radius 3 is 2.56 bits per heavy atom. The number of nitrogens with zero attached hydrogens (tertiary/aromatic N) is 1. The smallest absolute Gasteiger partial charge is 0.339 e. The molecule has 0 fully saturated rings. The molecule has 2 aromatic rings. The highest BCUT2D eigenvalue weighted by Gasteiger charge is 2.13. The number of hydrogen-bond donors (Lipinski definition) is 1. The lowest BCUT2D eigenvalue weighted by atomic mass is 10.2. The number of carbonyl (C=O) groups is 2. The van der Waals surface area contributed by atoms with E-state index in [1.54, 1.807) is 25.1 Å². The van der Waals surface area contributed by atoms with Crippen molar-refractivity contribution < 1.29 is 19.2 Å². The third kappa shape index (κ3) is 6.26. The van der Waals surface area contributed by atoms with Crippen LogP contribution in [0.4, 0.5) is 11.4 Å². The molecule has 0 aliphatic rings. The van der Waals surface area contributed by atoms with E-state index >= 15 is 0 Å². The molecule has 1 amide bonds. The van der Waals surface area contributed by atoms with E-state index in [1.807, 2.05) is 0 Å². The molecule has 0 aliphatic carbocycles. The number of hydrogen-bond acceptors (Lipinski definition) is 6. The molecule has 0 aromatic heterocycles. The van der Waals surface area contributed by atoms with Gasteiger partial charge in [0, 0.05) is 23.6 Å². The lowest BCUT2D eigenvalue weighted by molar-refractivity contribution is -0.384. The first-order valence-corrected chi connectivity index (χ1v) is 9.51. The zero-order valence-corrected chi connectivity index (χ0v) is 16.0. The molecular weight excluding hydrogens is 392 g/mol. The van der Waals surface area contributed by atoms with Gasteiger partial charge >= 0.3 is 5.97 Å². The Labute approximate surface area is 165 Å². The number of anilines is 1. The van der Waals surface area contributed by atoms with Gasteiger partial charge in [0.25, 0.3) is 5.69 Å². The number of esters is 1. The lowest BCUT2D eigenvalue weighted by Crippen LogP contribution is -2.15. The fourth-order valence-electron chi connectivity index (χ4n) is 2.14. The number of nitrogens with one attached hydrogen (secondary N) is 1. The van der Waals surface area contributed by atoms with Crippen LogP contribution in [0.15, 0.2) is 42.5 Å². The fraction of sp³-hybridized carbons (Fsp3) is 0.222. The largest absolute Gasteiger partial charge is 0.462 e. The second kappa shape index (κ2) is 9.94. The van der Waals surface area contributed by atoms with E-state index in [0.717, 1.165) is 5.56 Å². The minimum absolute atomic E-state index is 0.0293. The van der Waals surface area contributed by atoms with Gasteiger partial charge in [-0.3, -0.25) is 14.9 Å². The minimum Gasteiger partial charge on any atom is -0.462 e. The Bertz CT molecular complexity index is 842. The van der Waals surface area contributed by atoms with Crippen molar-refractivity contribution in [2.45, 2.75) is 12.7 Å². The van der Waals surface area contributed by atoms with Crippen molar-refractivity contribution in [1.29, 1.82) is 0 Å². The first kappa shape index (κ1) is 20.7. The van der Waals surface area contributed by atoms with Gasteiger partial charge in [0.15, 0.2) is 0 Å². The van der Waals surface area contributed by atoms with Crippen LogP contribution >= 0.6 is 23.4 Å². The molecule has 2 rings (SSSR count). The summed E-state index contributed by atoms with van der Waals surface area (Å²) in [6.45, 7) is 1.92. The number of nitro groups is 1. The van der Waals surface area contributed by atoms with Crippen molar-refractivity contribution >= 4 is 46.6 Å². The number of non-ortho nitro benzene ring substituents is 1. The van der Waals surface area contributed by atoms with Gasteiger partial charge < -0.3 is 10.1 Å². The first-order valence-electron chi connectivity index (χ1n) is 7.98. The number of thioether (sulfide) groups is 1. The number of halogens is 1. The normalized spacial score (nSPS) is 10.3. The molecule has 0 atom stereocenters. The molecule has 0 saturated carbocycles. The Hall–Kier alpha value is -2.58. The number of rotatable bonds is 8. The van der Waals surface area contributed by atoms with Gasteiger partial charge in [-0.25, -0.2) is 4.79 Å². The van der Waals surface area contributed by atoms with Gasteiger partial charge in [-0.1, -0.05) is 23.7 Å². The van der Waals surface area contributed by atoms with E-state index in [2.05, 4.69) is 5.32 Å². The van der Waals surface area contributed by atoms with E-state index in [4.69, 9.17) is 16.3 Å². The summed E-state index contributed by atoms with van der Waals surface area (Å²) in [6.07, 6.45) is 0. The molecular formula is C18H17ClN2O5S. The molecule has 27 heavy (non-hydrogen) atoms. The maximum Gasteiger partial charge on any atom is 0.339 e. The molecule has 0 bridgehead atoms. The SMILES string of the molecule is CCOC(=O)c1cc(NC(=O)CSCc2ccc([N+](=O)[O-])cc2)ccc1Cl.